The van der Waals surface area contributed by atoms with E-state index >= 15 is 0 Å². The van der Waals surface area contributed by atoms with Gasteiger partial charge in [-0.2, -0.15) is 5.10 Å². The van der Waals surface area contributed by atoms with Gasteiger partial charge < -0.3 is 9.73 Å². The number of aryl methyl sites for hydroxylation is 1. The zero-order chi connectivity index (χ0) is 19.5. The first-order chi connectivity index (χ1) is 13.6. The molecule has 7 heteroatoms. The number of rotatable bonds is 4. The van der Waals surface area contributed by atoms with Crippen molar-refractivity contribution in [2.45, 2.75) is 64.3 Å². The molecule has 28 heavy (non-hydrogen) atoms. The van der Waals surface area contributed by atoms with Crippen LogP contribution in [0.5, 0.6) is 0 Å². The van der Waals surface area contributed by atoms with Gasteiger partial charge in [0, 0.05) is 23.6 Å². The SMILES string of the molecule is Cc1c(C(=O)NC2CCCCC2)oc2c1/C(=N/NC(=O)c1cccs1)CCC2. The topological polar surface area (TPSA) is 83.7 Å². The number of hydrogen-bond donors (Lipinski definition) is 2. The second-order valence-electron chi connectivity index (χ2n) is 7.49. The Hall–Kier alpha value is -2.41. The largest absolute Gasteiger partial charge is 0.455 e. The van der Waals surface area contributed by atoms with E-state index < -0.39 is 0 Å². The molecule has 1 saturated carbocycles. The van der Waals surface area contributed by atoms with Crippen molar-refractivity contribution in [1.29, 1.82) is 0 Å². The van der Waals surface area contributed by atoms with Gasteiger partial charge in [-0.3, -0.25) is 9.59 Å². The Morgan fingerprint density at radius 2 is 1.96 bits per heavy atom. The van der Waals surface area contributed by atoms with Gasteiger partial charge in [0.2, 0.25) is 0 Å². The van der Waals surface area contributed by atoms with Gasteiger partial charge >= 0.3 is 0 Å². The van der Waals surface area contributed by atoms with Crippen LogP contribution >= 0.6 is 11.3 Å². The summed E-state index contributed by atoms with van der Waals surface area (Å²) < 4.78 is 5.95. The summed E-state index contributed by atoms with van der Waals surface area (Å²) in [7, 11) is 0. The van der Waals surface area contributed by atoms with Crippen LogP contribution in [0, 0.1) is 6.92 Å². The van der Waals surface area contributed by atoms with Crippen molar-refractivity contribution < 1.29 is 14.0 Å². The highest BCUT2D eigenvalue weighted by atomic mass is 32.1. The van der Waals surface area contributed by atoms with Crippen LogP contribution in [0.15, 0.2) is 27.0 Å². The number of carbonyl (C=O) groups excluding carboxylic acids is 2. The Balaban J connectivity index is 1.53. The maximum Gasteiger partial charge on any atom is 0.287 e. The van der Waals surface area contributed by atoms with Crippen molar-refractivity contribution in [2.24, 2.45) is 5.10 Å². The summed E-state index contributed by atoms with van der Waals surface area (Å²) >= 11 is 1.38. The van der Waals surface area contributed by atoms with Crippen LogP contribution in [0.3, 0.4) is 0 Å². The van der Waals surface area contributed by atoms with Gasteiger partial charge in [-0.1, -0.05) is 25.3 Å². The first kappa shape index (κ1) is 18.9. The zero-order valence-electron chi connectivity index (χ0n) is 16.0. The quantitative estimate of drug-likeness (QED) is 0.757. The molecule has 6 nitrogen and oxygen atoms in total. The van der Waals surface area contributed by atoms with Crippen molar-refractivity contribution in [3.63, 3.8) is 0 Å². The van der Waals surface area contributed by atoms with Crippen LogP contribution in [0.1, 0.15) is 82.1 Å². The highest BCUT2D eigenvalue weighted by Crippen LogP contribution is 2.30. The van der Waals surface area contributed by atoms with E-state index in [1.165, 1.54) is 30.6 Å². The molecule has 0 radical (unpaired) electrons. The fourth-order valence-corrected chi connectivity index (χ4v) is 4.69. The predicted molar refractivity (Wildman–Crippen MR) is 109 cm³/mol. The molecule has 1 fully saturated rings. The van der Waals surface area contributed by atoms with Crippen molar-refractivity contribution >= 4 is 28.9 Å². The number of fused-ring (bicyclic) bond motifs is 1. The van der Waals surface area contributed by atoms with E-state index in [1.807, 2.05) is 18.4 Å². The third-order valence-electron chi connectivity index (χ3n) is 5.51. The molecule has 0 spiro atoms. The molecule has 2 heterocycles. The van der Waals surface area contributed by atoms with E-state index in [1.54, 1.807) is 6.07 Å². The van der Waals surface area contributed by atoms with E-state index in [0.717, 1.165) is 54.7 Å². The van der Waals surface area contributed by atoms with Crippen molar-refractivity contribution in [3.05, 3.63) is 45.0 Å². The van der Waals surface area contributed by atoms with Gasteiger partial charge in [0.25, 0.3) is 11.8 Å². The zero-order valence-corrected chi connectivity index (χ0v) is 16.9. The molecule has 0 unspecified atom stereocenters. The van der Waals surface area contributed by atoms with E-state index in [0.29, 0.717) is 10.6 Å². The van der Waals surface area contributed by atoms with Gasteiger partial charge in [-0.25, -0.2) is 5.43 Å². The minimum atomic E-state index is -0.217. The summed E-state index contributed by atoms with van der Waals surface area (Å²) in [6, 6.07) is 3.84. The Morgan fingerprint density at radius 1 is 1.14 bits per heavy atom. The number of amides is 2. The fraction of sp³-hybridized carbons (Fsp3) is 0.476. The average Bonchev–Trinajstić information content (AvgIpc) is 3.36. The first-order valence-electron chi connectivity index (χ1n) is 9.97. The minimum Gasteiger partial charge on any atom is -0.455 e. The van der Waals surface area contributed by atoms with Gasteiger partial charge in [-0.15, -0.1) is 11.3 Å². The predicted octanol–water partition coefficient (Wildman–Crippen LogP) is 4.18. The lowest BCUT2D eigenvalue weighted by molar-refractivity contribution is 0.0896. The lowest BCUT2D eigenvalue weighted by Crippen LogP contribution is -2.36. The molecule has 0 atom stereocenters. The second-order valence-corrected chi connectivity index (χ2v) is 8.44. The Labute approximate surface area is 168 Å². The summed E-state index contributed by atoms with van der Waals surface area (Å²) in [4.78, 5) is 25.6. The highest BCUT2D eigenvalue weighted by Gasteiger charge is 2.29. The molecule has 0 saturated heterocycles. The van der Waals surface area contributed by atoms with Crippen LogP contribution in [0.4, 0.5) is 0 Å². The van der Waals surface area contributed by atoms with Gasteiger partial charge in [-0.05, 0) is 44.1 Å². The maximum atomic E-state index is 12.8. The van der Waals surface area contributed by atoms with Crippen molar-refractivity contribution in [2.75, 3.05) is 0 Å². The number of furan rings is 1. The molecule has 2 aliphatic rings. The van der Waals surface area contributed by atoms with Gasteiger partial charge in [0.1, 0.15) is 5.76 Å². The Kier molecular flexibility index (Phi) is 5.62. The van der Waals surface area contributed by atoms with Crippen molar-refractivity contribution in [1.82, 2.24) is 10.7 Å². The molecule has 2 N–H and O–H groups in total. The van der Waals surface area contributed by atoms with Crippen LogP contribution < -0.4 is 10.7 Å². The molecular weight excluding hydrogens is 374 g/mol. The molecule has 2 aromatic heterocycles. The molecule has 0 aliphatic heterocycles. The summed E-state index contributed by atoms with van der Waals surface area (Å²) in [6.45, 7) is 1.90. The standard InChI is InChI=1S/C21H25N3O3S/c1-13-18-15(23-24-20(25)17-11-6-12-28-17)9-5-10-16(18)27-19(13)21(26)22-14-7-3-2-4-8-14/h6,11-12,14H,2-5,7-10H2,1H3,(H,22,26)(H,24,25)/b23-15+. The highest BCUT2D eigenvalue weighted by molar-refractivity contribution is 7.12. The normalized spacial score (nSPS) is 18.7. The molecule has 2 amide bonds. The van der Waals surface area contributed by atoms with Gasteiger partial charge in [0.05, 0.1) is 10.6 Å². The molecular formula is C21H25N3O3S. The fourth-order valence-electron chi connectivity index (χ4n) is 4.08. The smallest absolute Gasteiger partial charge is 0.287 e. The number of nitrogens with one attached hydrogen (secondary N) is 2. The summed E-state index contributed by atoms with van der Waals surface area (Å²) in [5, 5.41) is 9.35. The molecule has 4 rings (SSSR count). The average molecular weight is 400 g/mol. The summed E-state index contributed by atoms with van der Waals surface area (Å²) in [5.74, 6) is 0.822. The van der Waals surface area contributed by atoms with E-state index in [2.05, 4.69) is 15.8 Å². The molecule has 2 aromatic rings. The monoisotopic (exact) mass is 399 g/mol. The minimum absolute atomic E-state index is 0.138. The molecule has 0 aromatic carbocycles. The Bertz CT molecular complexity index is 892. The van der Waals surface area contributed by atoms with Crippen molar-refractivity contribution in [3.8, 4) is 0 Å². The van der Waals surface area contributed by atoms with Crippen LogP contribution in [-0.4, -0.2) is 23.6 Å². The maximum absolute atomic E-state index is 12.8. The number of hydrazone groups is 1. The number of carbonyl (C=O) groups is 2. The summed E-state index contributed by atoms with van der Waals surface area (Å²) in [6.07, 6.45) is 8.07. The number of hydrogen-bond acceptors (Lipinski definition) is 5. The molecule has 0 bridgehead atoms. The van der Waals surface area contributed by atoms with E-state index in [4.69, 9.17) is 4.42 Å². The lowest BCUT2D eigenvalue weighted by atomic mass is 9.93. The first-order valence-corrected chi connectivity index (χ1v) is 10.9. The van der Waals surface area contributed by atoms with E-state index in [-0.39, 0.29) is 17.9 Å². The molecule has 148 valence electrons. The third-order valence-corrected chi connectivity index (χ3v) is 6.38. The van der Waals surface area contributed by atoms with Crippen LogP contribution in [0.2, 0.25) is 0 Å². The molecule has 2 aliphatic carbocycles. The number of thiophene rings is 1. The lowest BCUT2D eigenvalue weighted by Gasteiger charge is -2.22. The van der Waals surface area contributed by atoms with Gasteiger partial charge in [0.15, 0.2) is 5.76 Å². The number of nitrogens with zero attached hydrogens (tertiary/aromatic N) is 1. The van der Waals surface area contributed by atoms with Crippen LogP contribution in [-0.2, 0) is 6.42 Å². The summed E-state index contributed by atoms with van der Waals surface area (Å²) in [5.41, 5.74) is 5.12. The Morgan fingerprint density at radius 3 is 2.71 bits per heavy atom. The third kappa shape index (κ3) is 3.90. The second kappa shape index (κ2) is 8.31. The van der Waals surface area contributed by atoms with Crippen LogP contribution in [0.25, 0.3) is 0 Å². The van der Waals surface area contributed by atoms with E-state index in [9.17, 15) is 9.59 Å².